The van der Waals surface area contributed by atoms with Crippen LogP contribution in [0.3, 0.4) is 0 Å². The molecular weight excluding hydrogens is 361 g/mol. The smallest absolute Gasteiger partial charge is 0.416 e. The first-order valence-corrected chi connectivity index (χ1v) is 8.75. The van der Waals surface area contributed by atoms with Gasteiger partial charge in [0.15, 0.2) is 0 Å². The van der Waals surface area contributed by atoms with Crippen LogP contribution in [-0.2, 0) is 15.7 Å². The third-order valence-corrected chi connectivity index (χ3v) is 5.67. The fraction of sp³-hybridized carbons (Fsp3) is 0.474. The minimum absolute atomic E-state index is 0.0990. The number of aliphatic carboxylic acids is 1. The zero-order valence-electron chi connectivity index (χ0n) is 14.7. The predicted molar refractivity (Wildman–Crippen MR) is 92.7 cm³/mol. The molecule has 27 heavy (non-hydrogen) atoms. The average Bonchev–Trinajstić information content (AvgIpc) is 3.00. The molecule has 5 nitrogen and oxygen atoms in total. The van der Waals surface area contributed by atoms with Gasteiger partial charge in [0.05, 0.1) is 17.7 Å². The summed E-state index contributed by atoms with van der Waals surface area (Å²) in [5.74, 6) is -1.01. The molecule has 144 valence electrons. The topological polar surface area (TPSA) is 62.7 Å². The molecule has 0 radical (unpaired) electrons. The number of pyridine rings is 1. The number of aryl methyl sites for hydroxylation is 1. The van der Waals surface area contributed by atoms with E-state index in [1.165, 1.54) is 6.07 Å². The van der Waals surface area contributed by atoms with Gasteiger partial charge < -0.3 is 14.7 Å². The van der Waals surface area contributed by atoms with E-state index in [4.69, 9.17) is 4.74 Å². The first-order chi connectivity index (χ1) is 12.7. The van der Waals surface area contributed by atoms with Crippen LogP contribution in [0.5, 0.6) is 0 Å². The van der Waals surface area contributed by atoms with Crippen molar-refractivity contribution < 1.29 is 27.8 Å². The lowest BCUT2D eigenvalue weighted by Gasteiger charge is -2.33. The van der Waals surface area contributed by atoms with Crippen molar-refractivity contribution in [3.63, 3.8) is 0 Å². The molecule has 1 aromatic heterocycles. The van der Waals surface area contributed by atoms with E-state index in [1.54, 1.807) is 13.0 Å². The van der Waals surface area contributed by atoms with Crippen LogP contribution >= 0.6 is 0 Å². The van der Waals surface area contributed by atoms with E-state index in [9.17, 15) is 23.1 Å². The van der Waals surface area contributed by atoms with Crippen LogP contribution in [0.2, 0.25) is 0 Å². The number of halogens is 3. The SMILES string of the molecule is Cc1cc(N2C[C@@H]3CCOC[C@]3(C(=O)O)C2)c2cc(C(F)(F)F)ccc2n1. The number of nitrogens with zero attached hydrogens (tertiary/aromatic N) is 2. The lowest BCUT2D eigenvalue weighted by atomic mass is 9.76. The number of hydrogen-bond acceptors (Lipinski definition) is 4. The number of ether oxygens (including phenoxy) is 1. The lowest BCUT2D eigenvalue weighted by Crippen LogP contribution is -2.46. The van der Waals surface area contributed by atoms with E-state index in [2.05, 4.69) is 4.98 Å². The molecule has 2 atom stereocenters. The molecule has 0 amide bonds. The molecule has 0 saturated carbocycles. The Kier molecular flexibility index (Phi) is 4.06. The molecule has 2 aliphatic rings. The van der Waals surface area contributed by atoms with Crippen molar-refractivity contribution in [3.05, 3.63) is 35.5 Å². The van der Waals surface area contributed by atoms with Crippen molar-refractivity contribution in [1.82, 2.24) is 4.98 Å². The fourth-order valence-corrected chi connectivity index (χ4v) is 4.25. The quantitative estimate of drug-likeness (QED) is 0.864. The molecule has 0 unspecified atom stereocenters. The second-order valence-corrected chi connectivity index (χ2v) is 7.39. The van der Waals surface area contributed by atoms with Gasteiger partial charge in [0, 0.05) is 36.5 Å². The van der Waals surface area contributed by atoms with Crippen molar-refractivity contribution in [3.8, 4) is 0 Å². The first kappa shape index (κ1) is 18.0. The van der Waals surface area contributed by atoms with Crippen LogP contribution in [0, 0.1) is 18.3 Å². The van der Waals surface area contributed by atoms with Crippen LogP contribution in [0.1, 0.15) is 17.7 Å². The normalized spacial score (nSPS) is 25.6. The Morgan fingerprint density at radius 3 is 2.81 bits per heavy atom. The molecule has 0 spiro atoms. The molecule has 4 rings (SSSR count). The van der Waals surface area contributed by atoms with Gasteiger partial charge in [-0.1, -0.05) is 0 Å². The third-order valence-electron chi connectivity index (χ3n) is 5.67. The second kappa shape index (κ2) is 6.09. The summed E-state index contributed by atoms with van der Waals surface area (Å²) in [5, 5.41) is 10.2. The number of fused-ring (bicyclic) bond motifs is 2. The number of rotatable bonds is 2. The van der Waals surface area contributed by atoms with E-state index >= 15 is 0 Å². The summed E-state index contributed by atoms with van der Waals surface area (Å²) in [6.07, 6.45) is -3.83. The van der Waals surface area contributed by atoms with Gasteiger partial charge in [-0.2, -0.15) is 13.2 Å². The summed E-state index contributed by atoms with van der Waals surface area (Å²) in [6, 6.07) is 5.22. The van der Waals surface area contributed by atoms with Crippen LogP contribution in [-0.4, -0.2) is 42.4 Å². The molecule has 3 heterocycles. The molecule has 2 saturated heterocycles. The Balaban J connectivity index is 1.82. The summed E-state index contributed by atoms with van der Waals surface area (Å²) in [5.41, 5.74) is -0.0293. The average molecular weight is 380 g/mol. The van der Waals surface area contributed by atoms with Gasteiger partial charge in [-0.3, -0.25) is 9.78 Å². The minimum atomic E-state index is -4.45. The van der Waals surface area contributed by atoms with E-state index in [1.807, 2.05) is 4.90 Å². The van der Waals surface area contributed by atoms with Gasteiger partial charge in [0.1, 0.15) is 5.41 Å². The van der Waals surface area contributed by atoms with Gasteiger partial charge in [0.2, 0.25) is 0 Å². The summed E-state index contributed by atoms with van der Waals surface area (Å²) in [7, 11) is 0. The van der Waals surface area contributed by atoms with Crippen molar-refractivity contribution in [2.75, 3.05) is 31.2 Å². The van der Waals surface area contributed by atoms with E-state index < -0.39 is 23.1 Å². The van der Waals surface area contributed by atoms with Gasteiger partial charge in [0.25, 0.3) is 0 Å². The summed E-state index contributed by atoms with van der Waals surface area (Å²) in [4.78, 5) is 18.2. The van der Waals surface area contributed by atoms with Crippen molar-refractivity contribution in [2.45, 2.75) is 19.5 Å². The number of carboxylic acids is 1. The Labute approximate surface area is 153 Å². The molecule has 2 fully saturated rings. The van der Waals surface area contributed by atoms with Crippen LogP contribution in [0.15, 0.2) is 24.3 Å². The largest absolute Gasteiger partial charge is 0.481 e. The molecular formula is C19H19F3N2O3. The van der Waals surface area contributed by atoms with Gasteiger partial charge in [-0.05, 0) is 43.5 Å². The zero-order chi connectivity index (χ0) is 19.4. The third kappa shape index (κ3) is 2.92. The van der Waals surface area contributed by atoms with E-state index in [0.29, 0.717) is 41.9 Å². The Morgan fingerprint density at radius 2 is 2.15 bits per heavy atom. The monoisotopic (exact) mass is 380 g/mol. The highest BCUT2D eigenvalue weighted by molar-refractivity contribution is 5.93. The molecule has 1 N–H and O–H groups in total. The van der Waals surface area contributed by atoms with Crippen molar-refractivity contribution in [2.24, 2.45) is 11.3 Å². The fourth-order valence-electron chi connectivity index (χ4n) is 4.25. The van der Waals surface area contributed by atoms with Crippen molar-refractivity contribution >= 4 is 22.6 Å². The summed E-state index contributed by atoms with van der Waals surface area (Å²) in [6.45, 7) is 3.09. The van der Waals surface area contributed by atoms with E-state index in [0.717, 1.165) is 12.1 Å². The molecule has 0 bridgehead atoms. The second-order valence-electron chi connectivity index (χ2n) is 7.39. The van der Waals surface area contributed by atoms with Crippen LogP contribution in [0.25, 0.3) is 10.9 Å². The number of aromatic nitrogens is 1. The Bertz CT molecular complexity index is 915. The summed E-state index contributed by atoms with van der Waals surface area (Å²) < 4.78 is 45.0. The highest BCUT2D eigenvalue weighted by atomic mass is 19.4. The number of benzene rings is 1. The van der Waals surface area contributed by atoms with Gasteiger partial charge in [-0.15, -0.1) is 0 Å². The zero-order valence-corrected chi connectivity index (χ0v) is 14.7. The van der Waals surface area contributed by atoms with E-state index in [-0.39, 0.29) is 19.1 Å². The lowest BCUT2D eigenvalue weighted by molar-refractivity contribution is -0.159. The predicted octanol–water partition coefficient (Wildman–Crippen LogP) is 3.49. The number of alkyl halides is 3. The standard InChI is InChI=1S/C19H19F3N2O3/c1-11-6-16(14-7-12(19(20,21)22)2-3-15(14)23-11)24-8-13-4-5-27-10-18(13,9-24)17(25)26/h2-3,6-7,13H,4-5,8-10H2,1H3,(H,25,26)/t13-,18+/m0/s1. The van der Waals surface area contributed by atoms with Crippen LogP contribution in [0.4, 0.5) is 18.9 Å². The maximum atomic E-state index is 13.2. The van der Waals surface area contributed by atoms with Crippen LogP contribution < -0.4 is 4.90 Å². The molecule has 0 aliphatic carbocycles. The highest BCUT2D eigenvalue weighted by Gasteiger charge is 2.54. The number of anilines is 1. The first-order valence-electron chi connectivity index (χ1n) is 8.75. The Morgan fingerprint density at radius 1 is 1.37 bits per heavy atom. The maximum Gasteiger partial charge on any atom is 0.416 e. The molecule has 2 aromatic rings. The maximum absolute atomic E-state index is 13.2. The van der Waals surface area contributed by atoms with Gasteiger partial charge >= 0.3 is 12.1 Å². The minimum Gasteiger partial charge on any atom is -0.481 e. The number of carbonyl (C=O) groups is 1. The summed E-state index contributed by atoms with van der Waals surface area (Å²) >= 11 is 0. The van der Waals surface area contributed by atoms with Crippen molar-refractivity contribution in [1.29, 1.82) is 0 Å². The molecule has 1 aromatic carbocycles. The number of carboxylic acid groups (broad SMARTS) is 1. The Hall–Kier alpha value is -2.35. The molecule has 8 heteroatoms. The number of hydrogen-bond donors (Lipinski definition) is 1. The highest BCUT2D eigenvalue weighted by Crippen LogP contribution is 2.45. The molecule has 2 aliphatic heterocycles. The van der Waals surface area contributed by atoms with Gasteiger partial charge in [-0.25, -0.2) is 0 Å².